The summed E-state index contributed by atoms with van der Waals surface area (Å²) in [6.45, 7) is 1.91. The van der Waals surface area contributed by atoms with Gasteiger partial charge in [0, 0.05) is 12.7 Å². The van der Waals surface area contributed by atoms with Gasteiger partial charge < -0.3 is 5.32 Å². The summed E-state index contributed by atoms with van der Waals surface area (Å²) >= 11 is 5.78. The molecule has 1 heterocycles. The van der Waals surface area contributed by atoms with Crippen LogP contribution in [0.4, 0.5) is 0 Å². The van der Waals surface area contributed by atoms with Gasteiger partial charge in [-0.1, -0.05) is 23.8 Å². The first-order valence-electron chi connectivity index (χ1n) is 5.81. The summed E-state index contributed by atoms with van der Waals surface area (Å²) in [7, 11) is 0. The SMILES string of the molecule is Clc1ccc(CNCC2CC=CCC2)nc1. The van der Waals surface area contributed by atoms with E-state index in [0.29, 0.717) is 5.02 Å². The van der Waals surface area contributed by atoms with Gasteiger partial charge in [0.25, 0.3) is 0 Å². The molecule has 1 aromatic heterocycles. The predicted molar refractivity (Wildman–Crippen MR) is 67.4 cm³/mol. The molecule has 0 amide bonds. The molecule has 0 saturated carbocycles. The highest BCUT2D eigenvalue weighted by Crippen LogP contribution is 2.17. The first kappa shape index (κ1) is 11.6. The minimum atomic E-state index is 0.696. The second kappa shape index (κ2) is 6.02. The number of hydrogen-bond acceptors (Lipinski definition) is 2. The lowest BCUT2D eigenvalue weighted by Gasteiger charge is -2.17. The molecule has 1 unspecified atom stereocenters. The van der Waals surface area contributed by atoms with Gasteiger partial charge in [-0.25, -0.2) is 0 Å². The average molecular weight is 237 g/mol. The van der Waals surface area contributed by atoms with Crippen molar-refractivity contribution in [2.75, 3.05) is 6.54 Å². The van der Waals surface area contributed by atoms with E-state index < -0.39 is 0 Å². The van der Waals surface area contributed by atoms with E-state index in [1.54, 1.807) is 6.20 Å². The van der Waals surface area contributed by atoms with Gasteiger partial charge >= 0.3 is 0 Å². The summed E-state index contributed by atoms with van der Waals surface area (Å²) in [6, 6.07) is 3.85. The average Bonchev–Trinajstić information content (AvgIpc) is 2.33. The maximum absolute atomic E-state index is 5.78. The Morgan fingerprint density at radius 2 is 2.31 bits per heavy atom. The highest BCUT2D eigenvalue weighted by molar-refractivity contribution is 6.30. The van der Waals surface area contributed by atoms with Crippen molar-refractivity contribution in [3.8, 4) is 0 Å². The maximum Gasteiger partial charge on any atom is 0.0589 e. The number of rotatable bonds is 4. The van der Waals surface area contributed by atoms with Gasteiger partial charge in [-0.15, -0.1) is 0 Å². The van der Waals surface area contributed by atoms with E-state index in [1.807, 2.05) is 12.1 Å². The lowest BCUT2D eigenvalue weighted by molar-refractivity contribution is 0.439. The summed E-state index contributed by atoms with van der Waals surface area (Å²) in [5.41, 5.74) is 1.05. The number of nitrogens with zero attached hydrogens (tertiary/aromatic N) is 1. The van der Waals surface area contributed by atoms with Crippen molar-refractivity contribution in [3.05, 3.63) is 41.2 Å². The minimum absolute atomic E-state index is 0.696. The van der Waals surface area contributed by atoms with Gasteiger partial charge in [0.1, 0.15) is 0 Å². The number of allylic oxidation sites excluding steroid dienone is 2. The van der Waals surface area contributed by atoms with Crippen molar-refractivity contribution < 1.29 is 0 Å². The van der Waals surface area contributed by atoms with Crippen LogP contribution in [0.3, 0.4) is 0 Å². The Kier molecular flexibility index (Phi) is 4.37. The standard InChI is InChI=1S/C13H17ClN2/c14-12-6-7-13(16-9-12)10-15-8-11-4-2-1-3-5-11/h1-2,6-7,9,11,15H,3-5,8,10H2. The van der Waals surface area contributed by atoms with E-state index in [2.05, 4.69) is 22.5 Å². The molecular formula is C13H17ClN2. The van der Waals surface area contributed by atoms with Crippen LogP contribution in [0.15, 0.2) is 30.5 Å². The number of nitrogens with one attached hydrogen (secondary N) is 1. The number of aromatic nitrogens is 1. The smallest absolute Gasteiger partial charge is 0.0589 e. The first-order chi connectivity index (χ1) is 7.84. The second-order valence-electron chi connectivity index (χ2n) is 4.25. The fraction of sp³-hybridized carbons (Fsp3) is 0.462. The van der Waals surface area contributed by atoms with Gasteiger partial charge in [-0.3, -0.25) is 4.98 Å². The lowest BCUT2D eigenvalue weighted by atomic mass is 9.94. The van der Waals surface area contributed by atoms with Crippen LogP contribution in [0.5, 0.6) is 0 Å². The van der Waals surface area contributed by atoms with E-state index in [1.165, 1.54) is 19.3 Å². The quantitative estimate of drug-likeness (QED) is 0.813. The molecule has 0 aromatic carbocycles. The van der Waals surface area contributed by atoms with Crippen LogP contribution >= 0.6 is 11.6 Å². The number of pyridine rings is 1. The molecular weight excluding hydrogens is 220 g/mol. The molecule has 0 radical (unpaired) electrons. The molecule has 0 fully saturated rings. The summed E-state index contributed by atoms with van der Waals surface area (Å²) in [5, 5.41) is 4.15. The summed E-state index contributed by atoms with van der Waals surface area (Å²) in [5.74, 6) is 0.789. The van der Waals surface area contributed by atoms with Crippen molar-refractivity contribution in [1.29, 1.82) is 0 Å². The van der Waals surface area contributed by atoms with Gasteiger partial charge in [0.05, 0.1) is 10.7 Å². The lowest BCUT2D eigenvalue weighted by Crippen LogP contribution is -2.23. The monoisotopic (exact) mass is 236 g/mol. The van der Waals surface area contributed by atoms with E-state index in [9.17, 15) is 0 Å². The molecule has 16 heavy (non-hydrogen) atoms. The molecule has 0 bridgehead atoms. The molecule has 1 aliphatic carbocycles. The molecule has 2 rings (SSSR count). The van der Waals surface area contributed by atoms with E-state index in [0.717, 1.165) is 24.7 Å². The Labute approximate surface area is 102 Å². The van der Waals surface area contributed by atoms with Crippen LogP contribution in [0.25, 0.3) is 0 Å². The summed E-state index contributed by atoms with van der Waals surface area (Å²) in [4.78, 5) is 4.25. The van der Waals surface area contributed by atoms with E-state index in [-0.39, 0.29) is 0 Å². The van der Waals surface area contributed by atoms with Crippen molar-refractivity contribution in [1.82, 2.24) is 10.3 Å². The minimum Gasteiger partial charge on any atom is -0.311 e. The van der Waals surface area contributed by atoms with Crippen LogP contribution in [-0.2, 0) is 6.54 Å². The Bertz CT molecular complexity index is 345. The fourth-order valence-electron chi connectivity index (χ4n) is 1.96. The largest absolute Gasteiger partial charge is 0.311 e. The highest BCUT2D eigenvalue weighted by Gasteiger charge is 2.08. The normalized spacial score (nSPS) is 19.9. The van der Waals surface area contributed by atoms with Crippen molar-refractivity contribution in [3.63, 3.8) is 0 Å². The third kappa shape index (κ3) is 3.62. The molecule has 1 aromatic rings. The molecule has 3 heteroatoms. The van der Waals surface area contributed by atoms with E-state index >= 15 is 0 Å². The van der Waals surface area contributed by atoms with Crippen LogP contribution in [0.1, 0.15) is 25.0 Å². The van der Waals surface area contributed by atoms with Crippen molar-refractivity contribution in [2.45, 2.75) is 25.8 Å². The third-order valence-electron chi connectivity index (χ3n) is 2.91. The topological polar surface area (TPSA) is 24.9 Å². The molecule has 86 valence electrons. The molecule has 0 spiro atoms. The Balaban J connectivity index is 1.71. The van der Waals surface area contributed by atoms with Crippen LogP contribution in [0, 0.1) is 5.92 Å². The van der Waals surface area contributed by atoms with E-state index in [4.69, 9.17) is 11.6 Å². The highest BCUT2D eigenvalue weighted by atomic mass is 35.5. The molecule has 1 atom stereocenters. The zero-order valence-electron chi connectivity index (χ0n) is 9.32. The Hall–Kier alpha value is -0.860. The maximum atomic E-state index is 5.78. The zero-order valence-corrected chi connectivity index (χ0v) is 10.1. The Morgan fingerprint density at radius 3 is 3.00 bits per heavy atom. The summed E-state index contributed by atoms with van der Waals surface area (Å²) in [6.07, 6.45) is 10.00. The number of halogens is 1. The zero-order chi connectivity index (χ0) is 11.2. The van der Waals surface area contributed by atoms with Crippen molar-refractivity contribution >= 4 is 11.6 Å². The fourth-order valence-corrected chi connectivity index (χ4v) is 2.07. The van der Waals surface area contributed by atoms with Crippen molar-refractivity contribution in [2.24, 2.45) is 5.92 Å². The second-order valence-corrected chi connectivity index (χ2v) is 4.69. The van der Waals surface area contributed by atoms with Crippen LogP contribution in [0.2, 0.25) is 5.02 Å². The Morgan fingerprint density at radius 1 is 1.38 bits per heavy atom. The van der Waals surface area contributed by atoms with Crippen LogP contribution < -0.4 is 5.32 Å². The molecule has 0 aliphatic heterocycles. The molecule has 0 saturated heterocycles. The molecule has 2 nitrogen and oxygen atoms in total. The van der Waals surface area contributed by atoms with Gasteiger partial charge in [0.2, 0.25) is 0 Å². The molecule has 1 aliphatic rings. The third-order valence-corrected chi connectivity index (χ3v) is 3.13. The molecule has 1 N–H and O–H groups in total. The van der Waals surface area contributed by atoms with Gasteiger partial charge in [-0.2, -0.15) is 0 Å². The summed E-state index contributed by atoms with van der Waals surface area (Å²) < 4.78 is 0. The number of hydrogen-bond donors (Lipinski definition) is 1. The van der Waals surface area contributed by atoms with Gasteiger partial charge in [-0.05, 0) is 43.9 Å². The predicted octanol–water partition coefficient (Wildman–Crippen LogP) is 3.18. The van der Waals surface area contributed by atoms with Crippen LogP contribution in [-0.4, -0.2) is 11.5 Å². The van der Waals surface area contributed by atoms with Gasteiger partial charge in [0.15, 0.2) is 0 Å². The first-order valence-corrected chi connectivity index (χ1v) is 6.18.